The third-order valence-electron chi connectivity index (χ3n) is 3.45. The standard InChI is InChI=1S/C15H28OS2/c1-2-3-4-5-6-7-8-9-10-14(16)15-13-17-11-12-18-15/h15H,2-13H2,1H3. The third kappa shape index (κ3) is 7.73. The van der Waals surface area contributed by atoms with Crippen LogP contribution in [0, 0.1) is 0 Å². The van der Waals surface area contributed by atoms with Gasteiger partial charge in [-0.15, -0.1) is 11.8 Å². The van der Waals surface area contributed by atoms with E-state index in [-0.39, 0.29) is 0 Å². The Bertz CT molecular complexity index is 213. The molecule has 0 amide bonds. The normalized spacial score (nSPS) is 19.9. The highest BCUT2D eigenvalue weighted by Gasteiger charge is 2.21. The largest absolute Gasteiger partial charge is 0.298 e. The van der Waals surface area contributed by atoms with Crippen LogP contribution in [0.4, 0.5) is 0 Å². The highest BCUT2D eigenvalue weighted by atomic mass is 32.2. The highest BCUT2D eigenvalue weighted by Crippen LogP contribution is 2.26. The zero-order valence-electron chi connectivity index (χ0n) is 11.8. The maximum absolute atomic E-state index is 11.9. The molecule has 0 aromatic rings. The van der Waals surface area contributed by atoms with E-state index in [0.29, 0.717) is 11.0 Å². The molecule has 1 aliphatic rings. The fraction of sp³-hybridized carbons (Fsp3) is 0.933. The molecule has 1 unspecified atom stereocenters. The fourth-order valence-corrected chi connectivity index (χ4v) is 4.95. The molecule has 0 bridgehead atoms. The minimum atomic E-state index is 0.313. The van der Waals surface area contributed by atoms with Crippen molar-refractivity contribution in [3.8, 4) is 0 Å². The summed E-state index contributed by atoms with van der Waals surface area (Å²) in [5, 5.41) is 0.313. The summed E-state index contributed by atoms with van der Waals surface area (Å²) in [6.07, 6.45) is 11.4. The van der Waals surface area contributed by atoms with Gasteiger partial charge in [0.1, 0.15) is 5.78 Å². The van der Waals surface area contributed by atoms with Gasteiger partial charge in [-0.1, -0.05) is 51.9 Å². The van der Waals surface area contributed by atoms with Crippen molar-refractivity contribution in [3.05, 3.63) is 0 Å². The van der Waals surface area contributed by atoms with Crippen molar-refractivity contribution >= 4 is 29.3 Å². The van der Waals surface area contributed by atoms with Crippen molar-refractivity contribution in [1.29, 1.82) is 0 Å². The van der Waals surface area contributed by atoms with E-state index in [1.54, 1.807) is 0 Å². The molecule has 0 radical (unpaired) electrons. The van der Waals surface area contributed by atoms with E-state index < -0.39 is 0 Å². The summed E-state index contributed by atoms with van der Waals surface area (Å²) >= 11 is 3.82. The molecule has 0 aromatic heterocycles. The molecule has 0 aliphatic carbocycles. The van der Waals surface area contributed by atoms with Gasteiger partial charge in [-0.3, -0.25) is 4.79 Å². The summed E-state index contributed by atoms with van der Waals surface area (Å²) < 4.78 is 0. The van der Waals surface area contributed by atoms with Crippen molar-refractivity contribution in [3.63, 3.8) is 0 Å². The second-order valence-corrected chi connectivity index (χ2v) is 7.59. The molecular weight excluding hydrogens is 260 g/mol. The van der Waals surface area contributed by atoms with E-state index in [4.69, 9.17) is 0 Å². The van der Waals surface area contributed by atoms with Crippen molar-refractivity contribution in [2.75, 3.05) is 17.3 Å². The van der Waals surface area contributed by atoms with Crippen molar-refractivity contribution < 1.29 is 4.79 Å². The van der Waals surface area contributed by atoms with E-state index >= 15 is 0 Å². The Morgan fingerprint density at radius 1 is 1.00 bits per heavy atom. The Morgan fingerprint density at radius 3 is 2.28 bits per heavy atom. The molecule has 0 aromatic carbocycles. The molecule has 1 saturated heterocycles. The number of hydrogen-bond donors (Lipinski definition) is 0. The number of hydrogen-bond acceptors (Lipinski definition) is 3. The Morgan fingerprint density at radius 2 is 1.67 bits per heavy atom. The summed E-state index contributed by atoms with van der Waals surface area (Å²) in [4.78, 5) is 11.9. The van der Waals surface area contributed by atoms with Crippen LogP contribution in [-0.2, 0) is 4.79 Å². The molecule has 1 fully saturated rings. The van der Waals surface area contributed by atoms with Crippen LogP contribution >= 0.6 is 23.5 Å². The van der Waals surface area contributed by atoms with Gasteiger partial charge < -0.3 is 0 Å². The lowest BCUT2D eigenvalue weighted by atomic mass is 10.1. The molecule has 1 aliphatic heterocycles. The highest BCUT2D eigenvalue weighted by molar-refractivity contribution is 8.07. The monoisotopic (exact) mass is 288 g/mol. The van der Waals surface area contributed by atoms with Gasteiger partial charge in [-0.2, -0.15) is 11.8 Å². The molecule has 1 rings (SSSR count). The quantitative estimate of drug-likeness (QED) is 0.530. The topological polar surface area (TPSA) is 17.1 Å². The van der Waals surface area contributed by atoms with Gasteiger partial charge in [0.15, 0.2) is 0 Å². The van der Waals surface area contributed by atoms with E-state index in [1.807, 2.05) is 23.5 Å². The van der Waals surface area contributed by atoms with E-state index in [2.05, 4.69) is 6.92 Å². The molecule has 0 N–H and O–H groups in total. The number of Topliss-reactive ketones (excluding diaryl/α,β-unsaturated/α-hetero) is 1. The summed E-state index contributed by atoms with van der Waals surface area (Å²) in [6.45, 7) is 2.26. The van der Waals surface area contributed by atoms with Crippen LogP contribution in [0.25, 0.3) is 0 Å². The van der Waals surface area contributed by atoms with Crippen LogP contribution in [0.15, 0.2) is 0 Å². The number of thioether (sulfide) groups is 2. The lowest BCUT2D eigenvalue weighted by molar-refractivity contribution is -0.118. The van der Waals surface area contributed by atoms with Crippen LogP contribution in [0.3, 0.4) is 0 Å². The molecule has 106 valence electrons. The van der Waals surface area contributed by atoms with Crippen molar-refractivity contribution in [2.24, 2.45) is 0 Å². The predicted molar refractivity (Wildman–Crippen MR) is 85.8 cm³/mol. The van der Waals surface area contributed by atoms with Gasteiger partial charge in [0.2, 0.25) is 0 Å². The van der Waals surface area contributed by atoms with Crippen molar-refractivity contribution in [2.45, 2.75) is 70.0 Å². The Kier molecular flexibility index (Phi) is 10.2. The van der Waals surface area contributed by atoms with Gasteiger partial charge in [0.05, 0.1) is 5.25 Å². The Hall–Kier alpha value is 0.370. The molecule has 1 heterocycles. The lowest BCUT2D eigenvalue weighted by Gasteiger charge is -2.19. The predicted octanol–water partition coefficient (Wildman–Crippen LogP) is 4.93. The molecular formula is C15H28OS2. The number of rotatable bonds is 10. The molecule has 18 heavy (non-hydrogen) atoms. The maximum atomic E-state index is 11.9. The first-order valence-corrected chi connectivity index (χ1v) is 9.77. The second kappa shape index (κ2) is 11.2. The summed E-state index contributed by atoms with van der Waals surface area (Å²) in [5.41, 5.74) is 0. The molecule has 1 atom stereocenters. The number of carbonyl (C=O) groups excluding carboxylic acids is 1. The summed E-state index contributed by atoms with van der Waals surface area (Å²) in [6, 6.07) is 0. The summed E-state index contributed by atoms with van der Waals surface area (Å²) in [7, 11) is 0. The van der Waals surface area contributed by atoms with Crippen LogP contribution in [0.5, 0.6) is 0 Å². The average Bonchev–Trinajstić information content (AvgIpc) is 2.42. The summed E-state index contributed by atoms with van der Waals surface area (Å²) in [5.74, 6) is 3.96. The molecule has 0 saturated carbocycles. The third-order valence-corrected chi connectivity index (χ3v) is 6.25. The van der Waals surface area contributed by atoms with Gasteiger partial charge >= 0.3 is 0 Å². The maximum Gasteiger partial charge on any atom is 0.146 e. The first kappa shape index (κ1) is 16.4. The van der Waals surface area contributed by atoms with Crippen LogP contribution in [0.1, 0.15) is 64.7 Å². The van der Waals surface area contributed by atoms with Gasteiger partial charge in [0.25, 0.3) is 0 Å². The Labute approximate surface area is 121 Å². The molecule has 1 nitrogen and oxygen atoms in total. The minimum Gasteiger partial charge on any atom is -0.298 e. The smallest absolute Gasteiger partial charge is 0.146 e. The first-order chi connectivity index (χ1) is 8.84. The first-order valence-electron chi connectivity index (χ1n) is 7.56. The average molecular weight is 289 g/mol. The molecule has 0 spiro atoms. The van der Waals surface area contributed by atoms with E-state index in [0.717, 1.165) is 18.6 Å². The zero-order chi connectivity index (χ0) is 13.1. The SMILES string of the molecule is CCCCCCCCCCC(=O)C1CSCCS1. The lowest BCUT2D eigenvalue weighted by Crippen LogP contribution is -2.23. The zero-order valence-corrected chi connectivity index (χ0v) is 13.4. The fourth-order valence-electron chi connectivity index (χ4n) is 2.27. The van der Waals surface area contributed by atoms with Gasteiger partial charge in [-0.05, 0) is 6.42 Å². The molecule has 3 heteroatoms. The number of ketones is 1. The second-order valence-electron chi connectivity index (χ2n) is 5.13. The van der Waals surface area contributed by atoms with Gasteiger partial charge in [0, 0.05) is 23.7 Å². The minimum absolute atomic E-state index is 0.313. The van der Waals surface area contributed by atoms with Gasteiger partial charge in [-0.25, -0.2) is 0 Å². The van der Waals surface area contributed by atoms with Crippen LogP contribution in [0.2, 0.25) is 0 Å². The van der Waals surface area contributed by atoms with Crippen LogP contribution in [-0.4, -0.2) is 28.3 Å². The van der Waals surface area contributed by atoms with E-state index in [1.165, 1.54) is 56.5 Å². The van der Waals surface area contributed by atoms with E-state index in [9.17, 15) is 4.79 Å². The number of carbonyl (C=O) groups is 1. The Balaban J connectivity index is 1.89. The number of unbranched alkanes of at least 4 members (excludes halogenated alkanes) is 7. The van der Waals surface area contributed by atoms with Crippen molar-refractivity contribution in [1.82, 2.24) is 0 Å². The van der Waals surface area contributed by atoms with Crippen LogP contribution < -0.4 is 0 Å².